The maximum atomic E-state index is 12.3. The molecule has 5 nitrogen and oxygen atoms in total. The van der Waals surface area contributed by atoms with E-state index in [4.69, 9.17) is 4.74 Å². The van der Waals surface area contributed by atoms with E-state index in [9.17, 15) is 4.79 Å². The number of benzene rings is 1. The van der Waals surface area contributed by atoms with Gasteiger partial charge in [0.1, 0.15) is 5.82 Å². The highest BCUT2D eigenvalue weighted by molar-refractivity contribution is 6.22. The Morgan fingerprint density at radius 2 is 1.91 bits per heavy atom. The summed E-state index contributed by atoms with van der Waals surface area (Å²) in [6.07, 6.45) is 1.66. The molecule has 0 bridgehead atoms. The van der Waals surface area contributed by atoms with Crippen molar-refractivity contribution < 1.29 is 9.53 Å². The Morgan fingerprint density at radius 3 is 2.68 bits per heavy atom. The lowest BCUT2D eigenvalue weighted by Gasteiger charge is -2.30. The average Bonchev–Trinajstić information content (AvgIpc) is 2.52. The molecule has 0 N–H and O–H groups in total. The number of nitrogens with zero attached hydrogens (tertiary/aromatic N) is 3. The second-order valence-electron chi connectivity index (χ2n) is 5.77. The predicted octanol–water partition coefficient (Wildman–Crippen LogP) is 2.37. The molecule has 2 aromatic rings. The van der Waals surface area contributed by atoms with E-state index in [1.54, 1.807) is 6.08 Å². The molecule has 4 rings (SSSR count). The molecule has 5 heteroatoms. The molecule has 0 saturated carbocycles. The summed E-state index contributed by atoms with van der Waals surface area (Å²) in [4.78, 5) is 23.8. The van der Waals surface area contributed by atoms with Crippen LogP contribution in [-0.2, 0) is 4.74 Å². The largest absolute Gasteiger partial charge is 0.378 e. The van der Waals surface area contributed by atoms with Crippen LogP contribution in [0, 0.1) is 6.92 Å². The van der Waals surface area contributed by atoms with Gasteiger partial charge in [-0.25, -0.2) is 9.97 Å². The second kappa shape index (κ2) is 4.88. The van der Waals surface area contributed by atoms with Gasteiger partial charge in [0.2, 0.25) is 0 Å². The minimum Gasteiger partial charge on any atom is -0.378 e. The average molecular weight is 295 g/mol. The van der Waals surface area contributed by atoms with Gasteiger partial charge in [-0.1, -0.05) is 0 Å². The lowest BCUT2D eigenvalue weighted by molar-refractivity contribution is 0.104. The Balaban J connectivity index is 2.02. The van der Waals surface area contributed by atoms with Crippen molar-refractivity contribution >= 4 is 27.9 Å². The number of hydrogen-bond donors (Lipinski definition) is 0. The second-order valence-corrected chi connectivity index (χ2v) is 5.77. The number of allylic oxidation sites excluding steroid dienone is 2. The van der Waals surface area contributed by atoms with E-state index in [1.165, 1.54) is 0 Å². The molecular formula is C17H17N3O2. The van der Waals surface area contributed by atoms with Crippen molar-refractivity contribution in [2.45, 2.75) is 13.8 Å². The van der Waals surface area contributed by atoms with Crippen LogP contribution in [0.2, 0.25) is 0 Å². The topological polar surface area (TPSA) is 55.3 Å². The summed E-state index contributed by atoms with van der Waals surface area (Å²) in [6.45, 7) is 6.96. The standard InChI is InChI=1S/C17H17N3O2/c1-10-9-14(21)12-3-4-13(20-5-7-22-8-6-20)17-15(12)16(10)18-11(2)19-17/h3-4,9H,5-8H2,1-2H3. The highest BCUT2D eigenvalue weighted by Crippen LogP contribution is 2.36. The van der Waals surface area contributed by atoms with Gasteiger partial charge in [0.15, 0.2) is 5.78 Å². The number of ketones is 1. The molecule has 0 amide bonds. The summed E-state index contributed by atoms with van der Waals surface area (Å²) >= 11 is 0. The third kappa shape index (κ3) is 1.93. The van der Waals surface area contributed by atoms with Gasteiger partial charge >= 0.3 is 0 Å². The normalized spacial score (nSPS) is 17.8. The number of aromatic nitrogens is 2. The van der Waals surface area contributed by atoms with E-state index >= 15 is 0 Å². The van der Waals surface area contributed by atoms with Crippen molar-refractivity contribution in [3.8, 4) is 0 Å². The monoisotopic (exact) mass is 295 g/mol. The number of anilines is 1. The maximum Gasteiger partial charge on any atom is 0.186 e. The van der Waals surface area contributed by atoms with Crippen molar-refractivity contribution in [1.29, 1.82) is 0 Å². The van der Waals surface area contributed by atoms with Crippen molar-refractivity contribution in [2.75, 3.05) is 31.2 Å². The molecule has 112 valence electrons. The van der Waals surface area contributed by atoms with Crippen LogP contribution in [0.1, 0.15) is 28.8 Å². The summed E-state index contributed by atoms with van der Waals surface area (Å²) in [6, 6.07) is 3.91. The van der Waals surface area contributed by atoms with Crippen molar-refractivity contribution in [3.05, 3.63) is 35.3 Å². The Labute approximate surface area is 128 Å². The SMILES string of the molecule is CC1=CC(=O)c2ccc(N3CCOCC3)c3nc(C)nc1c23. The molecule has 0 unspecified atom stereocenters. The zero-order valence-corrected chi connectivity index (χ0v) is 12.7. The van der Waals surface area contributed by atoms with Crippen molar-refractivity contribution in [1.82, 2.24) is 9.97 Å². The number of carbonyl (C=O) groups is 1. The van der Waals surface area contributed by atoms with E-state index in [0.717, 1.165) is 60.0 Å². The van der Waals surface area contributed by atoms with Gasteiger partial charge in [0.25, 0.3) is 0 Å². The van der Waals surface area contributed by atoms with Gasteiger partial charge in [0.05, 0.1) is 30.1 Å². The quantitative estimate of drug-likeness (QED) is 0.808. The van der Waals surface area contributed by atoms with Gasteiger partial charge in [-0.3, -0.25) is 4.79 Å². The molecule has 22 heavy (non-hydrogen) atoms. The van der Waals surface area contributed by atoms with Crippen LogP contribution >= 0.6 is 0 Å². The van der Waals surface area contributed by atoms with Crippen LogP contribution in [0.15, 0.2) is 18.2 Å². The molecule has 0 atom stereocenters. The Hall–Kier alpha value is -2.27. The molecule has 0 spiro atoms. The first-order chi connectivity index (χ1) is 10.6. The van der Waals surface area contributed by atoms with E-state index in [2.05, 4.69) is 14.9 Å². The molecule has 2 aliphatic rings. The molecule has 1 saturated heterocycles. The summed E-state index contributed by atoms with van der Waals surface area (Å²) in [5.74, 6) is 0.771. The molecular weight excluding hydrogens is 278 g/mol. The van der Waals surface area contributed by atoms with Crippen LogP contribution in [-0.4, -0.2) is 42.1 Å². The molecule has 2 heterocycles. The summed E-state index contributed by atoms with van der Waals surface area (Å²) in [5, 5.41) is 0.889. The number of rotatable bonds is 1. The zero-order chi connectivity index (χ0) is 15.3. The molecule has 1 aliphatic heterocycles. The number of hydrogen-bond acceptors (Lipinski definition) is 5. The molecule has 1 aromatic carbocycles. The fraction of sp³-hybridized carbons (Fsp3) is 0.353. The number of carbonyl (C=O) groups excluding carboxylic acids is 1. The van der Waals surface area contributed by atoms with Crippen LogP contribution in [0.5, 0.6) is 0 Å². The maximum absolute atomic E-state index is 12.3. The van der Waals surface area contributed by atoms with Crippen molar-refractivity contribution in [2.24, 2.45) is 0 Å². The number of aryl methyl sites for hydroxylation is 1. The first-order valence-electron chi connectivity index (χ1n) is 7.52. The van der Waals surface area contributed by atoms with Crippen LogP contribution in [0.4, 0.5) is 5.69 Å². The van der Waals surface area contributed by atoms with E-state index < -0.39 is 0 Å². The van der Waals surface area contributed by atoms with Gasteiger partial charge < -0.3 is 9.64 Å². The number of ether oxygens (including phenoxy) is 1. The third-order valence-corrected chi connectivity index (χ3v) is 4.28. The van der Waals surface area contributed by atoms with Crippen molar-refractivity contribution in [3.63, 3.8) is 0 Å². The Morgan fingerprint density at radius 1 is 1.14 bits per heavy atom. The van der Waals surface area contributed by atoms with E-state index in [-0.39, 0.29) is 5.78 Å². The van der Waals surface area contributed by atoms with Gasteiger partial charge in [0, 0.05) is 24.0 Å². The van der Waals surface area contributed by atoms with Gasteiger partial charge in [-0.05, 0) is 37.6 Å². The molecule has 1 fully saturated rings. The van der Waals surface area contributed by atoms with Crippen LogP contribution < -0.4 is 4.90 Å². The van der Waals surface area contributed by atoms with Crippen LogP contribution in [0.25, 0.3) is 16.5 Å². The fourth-order valence-electron chi connectivity index (χ4n) is 3.23. The minimum absolute atomic E-state index is 0.0379. The highest BCUT2D eigenvalue weighted by atomic mass is 16.5. The first-order valence-corrected chi connectivity index (χ1v) is 7.52. The van der Waals surface area contributed by atoms with Gasteiger partial charge in [-0.2, -0.15) is 0 Å². The Kier molecular flexibility index (Phi) is 2.97. The van der Waals surface area contributed by atoms with Crippen LogP contribution in [0.3, 0.4) is 0 Å². The molecule has 1 aliphatic carbocycles. The lowest BCUT2D eigenvalue weighted by atomic mass is 9.92. The highest BCUT2D eigenvalue weighted by Gasteiger charge is 2.24. The van der Waals surface area contributed by atoms with E-state index in [1.807, 2.05) is 26.0 Å². The van der Waals surface area contributed by atoms with E-state index in [0.29, 0.717) is 5.56 Å². The summed E-state index contributed by atoms with van der Waals surface area (Å²) in [5.41, 5.74) is 4.44. The predicted molar refractivity (Wildman–Crippen MR) is 85.3 cm³/mol. The lowest BCUT2D eigenvalue weighted by Crippen LogP contribution is -2.36. The smallest absolute Gasteiger partial charge is 0.186 e. The molecule has 0 radical (unpaired) electrons. The fourth-order valence-corrected chi connectivity index (χ4v) is 3.23. The summed E-state index contributed by atoms with van der Waals surface area (Å²) in [7, 11) is 0. The van der Waals surface area contributed by atoms with Gasteiger partial charge in [-0.15, -0.1) is 0 Å². The zero-order valence-electron chi connectivity index (χ0n) is 12.7. The molecule has 1 aromatic heterocycles. The Bertz CT molecular complexity index is 820. The minimum atomic E-state index is 0.0379. The third-order valence-electron chi connectivity index (χ3n) is 4.28. The number of morpholine rings is 1. The summed E-state index contributed by atoms with van der Waals surface area (Å²) < 4.78 is 5.43. The first kappa shape index (κ1) is 13.4.